The monoisotopic (exact) mass is 276 g/mol. The largest absolute Gasteiger partial charge is 0.305 e. The van der Waals surface area contributed by atoms with Crippen LogP contribution in [0.25, 0.3) is 0 Å². The molecule has 0 fully saturated rings. The van der Waals surface area contributed by atoms with Gasteiger partial charge >= 0.3 is 0 Å². The highest BCUT2D eigenvalue weighted by atomic mass is 19.1. The number of hydrogen-bond donors (Lipinski definition) is 1. The normalized spacial score (nSPS) is 20.6. The van der Waals surface area contributed by atoms with E-state index in [4.69, 9.17) is 0 Å². The Kier molecular flexibility index (Phi) is 6.19. The van der Waals surface area contributed by atoms with Crippen molar-refractivity contribution >= 4 is 0 Å². The Labute approximate surface area is 121 Å². The van der Waals surface area contributed by atoms with Crippen LogP contribution >= 0.6 is 0 Å². The lowest BCUT2D eigenvalue weighted by Crippen LogP contribution is -2.26. The molecule has 2 nitrogen and oxygen atoms in total. The number of nitrogens with zero attached hydrogens (tertiary/aromatic N) is 1. The highest BCUT2D eigenvalue weighted by Crippen LogP contribution is 2.29. The van der Waals surface area contributed by atoms with Gasteiger partial charge in [-0.15, -0.1) is 0 Å². The molecule has 1 heterocycles. The van der Waals surface area contributed by atoms with E-state index in [1.165, 1.54) is 37.3 Å². The van der Waals surface area contributed by atoms with E-state index in [2.05, 4.69) is 23.3 Å². The molecule has 0 aromatic carbocycles. The van der Waals surface area contributed by atoms with Gasteiger partial charge in [0.1, 0.15) is 5.82 Å². The minimum Gasteiger partial charge on any atom is -0.305 e. The van der Waals surface area contributed by atoms with Gasteiger partial charge in [0.2, 0.25) is 0 Å². The highest BCUT2D eigenvalue weighted by Gasteiger charge is 2.20. The molecule has 1 N–H and O–H groups in total. The Hall–Kier alpha value is -1.22. The number of rotatable bonds is 5. The third-order valence-corrected chi connectivity index (χ3v) is 3.86. The third-order valence-electron chi connectivity index (χ3n) is 3.86. The second-order valence-corrected chi connectivity index (χ2v) is 5.49. The Morgan fingerprint density at radius 3 is 2.95 bits per heavy atom. The molecule has 0 aliphatic heterocycles. The molecule has 0 amide bonds. The number of nitrogens with one attached hydrogen (secondary N) is 1. The van der Waals surface area contributed by atoms with Gasteiger partial charge in [-0.05, 0) is 50.8 Å². The molecule has 110 valence electrons. The summed E-state index contributed by atoms with van der Waals surface area (Å²) in [6.45, 7) is 3.02. The zero-order chi connectivity index (χ0) is 14.2. The predicted molar refractivity (Wildman–Crippen MR) is 81.0 cm³/mol. The molecule has 1 aromatic heterocycles. The fourth-order valence-corrected chi connectivity index (χ4v) is 2.78. The SMILES string of the molecule is CCCNC(/C1=C/CCCCCC1)c1ncccc1F. The van der Waals surface area contributed by atoms with E-state index in [0.717, 1.165) is 25.8 Å². The van der Waals surface area contributed by atoms with Gasteiger partial charge < -0.3 is 5.32 Å². The molecule has 1 aliphatic carbocycles. The first-order chi connectivity index (χ1) is 9.83. The molecule has 1 aliphatic rings. The number of aromatic nitrogens is 1. The first kappa shape index (κ1) is 15.2. The molecular weight excluding hydrogens is 251 g/mol. The standard InChI is InChI=1S/C17H25FN2/c1-2-12-19-16(17-15(18)11-8-13-20-17)14-9-6-4-3-5-7-10-14/h8-9,11,13,16,19H,2-7,10,12H2,1H3/b14-9+. The summed E-state index contributed by atoms with van der Waals surface area (Å²) in [5.41, 5.74) is 1.86. The smallest absolute Gasteiger partial charge is 0.146 e. The lowest BCUT2D eigenvalue weighted by atomic mass is 9.92. The van der Waals surface area contributed by atoms with Gasteiger partial charge in [0.15, 0.2) is 0 Å². The van der Waals surface area contributed by atoms with Crippen LogP contribution < -0.4 is 5.32 Å². The van der Waals surface area contributed by atoms with E-state index in [-0.39, 0.29) is 11.9 Å². The minimum absolute atomic E-state index is 0.0609. The summed E-state index contributed by atoms with van der Waals surface area (Å²) in [5, 5.41) is 3.47. The van der Waals surface area contributed by atoms with E-state index in [0.29, 0.717) is 5.69 Å². The first-order valence-electron chi connectivity index (χ1n) is 7.85. The van der Waals surface area contributed by atoms with Crippen LogP contribution in [0.3, 0.4) is 0 Å². The molecule has 20 heavy (non-hydrogen) atoms. The van der Waals surface area contributed by atoms with Crippen molar-refractivity contribution in [2.75, 3.05) is 6.54 Å². The van der Waals surface area contributed by atoms with Crippen LogP contribution in [0.15, 0.2) is 30.0 Å². The molecule has 1 atom stereocenters. The van der Waals surface area contributed by atoms with Crippen LogP contribution in [-0.2, 0) is 0 Å². The summed E-state index contributed by atoms with van der Waals surface area (Å²) in [5.74, 6) is -0.205. The zero-order valence-corrected chi connectivity index (χ0v) is 12.4. The Bertz CT molecular complexity index is 442. The second-order valence-electron chi connectivity index (χ2n) is 5.49. The Morgan fingerprint density at radius 2 is 2.15 bits per heavy atom. The summed E-state index contributed by atoms with van der Waals surface area (Å²) in [4.78, 5) is 4.28. The van der Waals surface area contributed by atoms with Crippen molar-refractivity contribution in [1.82, 2.24) is 10.3 Å². The predicted octanol–water partition coefficient (Wildman–Crippen LogP) is 4.54. The average molecular weight is 276 g/mol. The molecule has 0 bridgehead atoms. The first-order valence-corrected chi connectivity index (χ1v) is 7.85. The van der Waals surface area contributed by atoms with Crippen molar-refractivity contribution in [3.8, 4) is 0 Å². The summed E-state index contributed by atoms with van der Waals surface area (Å²) in [6, 6.07) is 3.10. The molecule has 0 spiro atoms. The minimum atomic E-state index is -0.205. The average Bonchev–Trinajstić information content (AvgIpc) is 2.42. The molecule has 0 saturated carbocycles. The van der Waals surface area contributed by atoms with Crippen LogP contribution in [0.5, 0.6) is 0 Å². The summed E-state index contributed by atoms with van der Waals surface area (Å²) in [6.07, 6.45) is 12.2. The summed E-state index contributed by atoms with van der Waals surface area (Å²) in [7, 11) is 0. The van der Waals surface area contributed by atoms with E-state index >= 15 is 0 Å². The van der Waals surface area contributed by atoms with Crippen molar-refractivity contribution in [3.63, 3.8) is 0 Å². The number of pyridine rings is 1. The summed E-state index contributed by atoms with van der Waals surface area (Å²) < 4.78 is 14.1. The quantitative estimate of drug-likeness (QED) is 0.798. The van der Waals surface area contributed by atoms with Crippen molar-refractivity contribution < 1.29 is 4.39 Å². The molecular formula is C17H25FN2. The fraction of sp³-hybridized carbons (Fsp3) is 0.588. The Morgan fingerprint density at radius 1 is 1.30 bits per heavy atom. The van der Waals surface area contributed by atoms with Crippen molar-refractivity contribution in [3.05, 3.63) is 41.5 Å². The molecule has 2 rings (SSSR count). The van der Waals surface area contributed by atoms with Crippen molar-refractivity contribution in [1.29, 1.82) is 0 Å². The van der Waals surface area contributed by atoms with Crippen LogP contribution in [0, 0.1) is 5.82 Å². The maximum atomic E-state index is 14.1. The second kappa shape index (κ2) is 8.15. The fourth-order valence-electron chi connectivity index (χ4n) is 2.78. The van der Waals surface area contributed by atoms with Gasteiger partial charge in [0.25, 0.3) is 0 Å². The number of halogens is 1. The number of hydrogen-bond acceptors (Lipinski definition) is 2. The van der Waals surface area contributed by atoms with Gasteiger partial charge in [-0.1, -0.05) is 31.4 Å². The summed E-state index contributed by atoms with van der Waals surface area (Å²) >= 11 is 0. The van der Waals surface area contributed by atoms with Gasteiger partial charge in [-0.2, -0.15) is 0 Å². The molecule has 0 radical (unpaired) electrons. The molecule has 0 saturated heterocycles. The van der Waals surface area contributed by atoms with Crippen LogP contribution in [0.4, 0.5) is 4.39 Å². The number of allylic oxidation sites excluding steroid dienone is 1. The van der Waals surface area contributed by atoms with Crippen LogP contribution in [0.1, 0.15) is 63.6 Å². The van der Waals surface area contributed by atoms with Gasteiger partial charge in [-0.25, -0.2) is 4.39 Å². The van der Waals surface area contributed by atoms with E-state index in [1.807, 2.05) is 0 Å². The zero-order valence-electron chi connectivity index (χ0n) is 12.4. The van der Waals surface area contributed by atoms with Gasteiger partial charge in [0.05, 0.1) is 11.7 Å². The third kappa shape index (κ3) is 4.14. The maximum absolute atomic E-state index is 14.1. The van der Waals surface area contributed by atoms with E-state index in [9.17, 15) is 4.39 Å². The van der Waals surface area contributed by atoms with Crippen molar-refractivity contribution in [2.45, 2.75) is 57.9 Å². The lowest BCUT2D eigenvalue weighted by Gasteiger charge is -2.23. The van der Waals surface area contributed by atoms with Gasteiger partial charge in [-0.3, -0.25) is 4.98 Å². The highest BCUT2D eigenvalue weighted by molar-refractivity contribution is 5.24. The molecule has 1 unspecified atom stereocenters. The van der Waals surface area contributed by atoms with Crippen molar-refractivity contribution in [2.24, 2.45) is 0 Å². The maximum Gasteiger partial charge on any atom is 0.146 e. The lowest BCUT2D eigenvalue weighted by molar-refractivity contribution is 0.502. The Balaban J connectivity index is 2.24. The van der Waals surface area contributed by atoms with E-state index < -0.39 is 0 Å². The molecule has 3 heteroatoms. The van der Waals surface area contributed by atoms with Crippen LogP contribution in [0.2, 0.25) is 0 Å². The van der Waals surface area contributed by atoms with Crippen LogP contribution in [-0.4, -0.2) is 11.5 Å². The van der Waals surface area contributed by atoms with E-state index in [1.54, 1.807) is 12.3 Å². The van der Waals surface area contributed by atoms with Gasteiger partial charge in [0, 0.05) is 6.20 Å². The topological polar surface area (TPSA) is 24.9 Å². The molecule has 1 aromatic rings.